The van der Waals surface area contributed by atoms with Crippen molar-refractivity contribution >= 4 is 16.5 Å². The molecule has 4 heteroatoms. The molecule has 0 radical (unpaired) electrons. The summed E-state index contributed by atoms with van der Waals surface area (Å²) in [5.41, 5.74) is 7.27. The van der Waals surface area contributed by atoms with Crippen LogP contribution < -0.4 is 10.5 Å². The largest absolute Gasteiger partial charge is 0.459 e. The fraction of sp³-hybridized carbons (Fsp3) is 0.375. The molecule has 0 aliphatic rings. The number of nitrogen functional groups attached to an aromatic ring is 1. The zero-order chi connectivity index (χ0) is 15.3. The van der Waals surface area contributed by atoms with E-state index in [1.807, 2.05) is 27.7 Å². The van der Waals surface area contributed by atoms with Crippen molar-refractivity contribution in [1.29, 1.82) is 0 Å². The molecule has 110 valence electrons. The monoisotopic (exact) mass is 281 g/mol. The van der Waals surface area contributed by atoms with E-state index in [2.05, 4.69) is 0 Å². The van der Waals surface area contributed by atoms with E-state index < -0.39 is 12.7 Å². The smallest absolute Gasteiger partial charge is 0.228 e. The zero-order valence-electron chi connectivity index (χ0n) is 12.3. The molecule has 0 bridgehead atoms. The Bertz CT molecular complexity index is 582. The third kappa shape index (κ3) is 3.18. The Hall–Kier alpha value is -1.84. The van der Waals surface area contributed by atoms with Gasteiger partial charge >= 0.3 is 0 Å². The van der Waals surface area contributed by atoms with E-state index in [0.29, 0.717) is 11.1 Å². The van der Waals surface area contributed by atoms with Crippen LogP contribution in [0.4, 0.5) is 14.5 Å². The maximum Gasteiger partial charge on any atom is 0.228 e. The van der Waals surface area contributed by atoms with Crippen molar-refractivity contribution < 1.29 is 13.5 Å². The summed E-state index contributed by atoms with van der Waals surface area (Å²) in [5.74, 6) is -0.467. The summed E-state index contributed by atoms with van der Waals surface area (Å²) in [5, 5.41) is 1.35. The van der Waals surface area contributed by atoms with Gasteiger partial charge in [-0.25, -0.2) is 8.78 Å². The quantitative estimate of drug-likeness (QED) is 0.802. The number of alkyl halides is 1. The first-order chi connectivity index (χ1) is 9.54. The topological polar surface area (TPSA) is 35.2 Å². The molecule has 2 rings (SSSR count). The third-order valence-corrected chi connectivity index (χ3v) is 2.90. The van der Waals surface area contributed by atoms with Crippen LogP contribution in [0.15, 0.2) is 24.3 Å². The molecule has 0 saturated heterocycles. The van der Waals surface area contributed by atoms with Crippen LogP contribution in [0.25, 0.3) is 10.8 Å². The van der Waals surface area contributed by atoms with Crippen LogP contribution in [0.3, 0.4) is 0 Å². The summed E-state index contributed by atoms with van der Waals surface area (Å²) in [4.78, 5) is 0. The highest BCUT2D eigenvalue weighted by Gasteiger charge is 2.15. The lowest BCUT2D eigenvalue weighted by Gasteiger charge is -2.15. The summed E-state index contributed by atoms with van der Waals surface area (Å²) in [6.45, 7) is 6.88. The highest BCUT2D eigenvalue weighted by Crippen LogP contribution is 2.36. The van der Waals surface area contributed by atoms with E-state index in [1.165, 1.54) is 6.07 Å². The second-order valence-electron chi connectivity index (χ2n) is 4.49. The van der Waals surface area contributed by atoms with E-state index in [-0.39, 0.29) is 11.7 Å². The minimum absolute atomic E-state index is 0.0429. The number of hydrogen-bond acceptors (Lipinski definition) is 2. The number of hydrogen-bond donors (Lipinski definition) is 1. The summed E-state index contributed by atoms with van der Waals surface area (Å²) in [6, 6.07) is 6.39. The predicted molar refractivity (Wildman–Crippen MR) is 80.4 cm³/mol. The highest BCUT2D eigenvalue weighted by atomic mass is 19.1. The van der Waals surface area contributed by atoms with Gasteiger partial charge in [-0.3, -0.25) is 0 Å². The fourth-order valence-electron chi connectivity index (χ4n) is 2.11. The molecule has 0 aliphatic carbocycles. The highest BCUT2D eigenvalue weighted by molar-refractivity contribution is 5.94. The number of ether oxygens (including phenoxy) is 1. The van der Waals surface area contributed by atoms with Crippen molar-refractivity contribution in [2.24, 2.45) is 0 Å². The van der Waals surface area contributed by atoms with Crippen molar-refractivity contribution in [1.82, 2.24) is 0 Å². The number of nitrogens with two attached hydrogens (primary N) is 1. The lowest BCUT2D eigenvalue weighted by Crippen LogP contribution is -2.00. The Morgan fingerprint density at radius 2 is 1.85 bits per heavy atom. The molecular formula is C16H21F2NO. The van der Waals surface area contributed by atoms with Crippen molar-refractivity contribution in [3.8, 4) is 5.75 Å². The molecule has 0 spiro atoms. The van der Waals surface area contributed by atoms with Gasteiger partial charge in [0.1, 0.15) is 0 Å². The molecular weight excluding hydrogens is 260 g/mol. The van der Waals surface area contributed by atoms with Crippen LogP contribution in [0, 0.1) is 5.82 Å². The average molecular weight is 281 g/mol. The Morgan fingerprint density at radius 1 is 1.20 bits per heavy atom. The number of benzene rings is 2. The lowest BCUT2D eigenvalue weighted by atomic mass is 9.94. The van der Waals surface area contributed by atoms with Gasteiger partial charge in [0.2, 0.25) is 6.86 Å². The molecule has 0 heterocycles. The van der Waals surface area contributed by atoms with E-state index in [4.69, 9.17) is 10.5 Å². The molecule has 0 unspecified atom stereocenters. The van der Waals surface area contributed by atoms with Gasteiger partial charge in [0.25, 0.3) is 0 Å². The van der Waals surface area contributed by atoms with Crippen LogP contribution in [-0.4, -0.2) is 6.86 Å². The van der Waals surface area contributed by atoms with Crippen LogP contribution in [0.5, 0.6) is 5.75 Å². The summed E-state index contributed by atoms with van der Waals surface area (Å²) < 4.78 is 30.9. The lowest BCUT2D eigenvalue weighted by molar-refractivity contribution is 0.186. The first-order valence-corrected chi connectivity index (χ1v) is 6.75. The van der Waals surface area contributed by atoms with E-state index in [9.17, 15) is 8.78 Å². The fourth-order valence-corrected chi connectivity index (χ4v) is 2.11. The summed E-state index contributed by atoms with van der Waals surface area (Å²) in [6.07, 6.45) is 0. The molecule has 2 N–H and O–H groups in total. The van der Waals surface area contributed by atoms with Crippen LogP contribution >= 0.6 is 0 Å². The number of halogens is 2. The normalized spacial score (nSPS) is 10.3. The molecule has 0 amide bonds. The van der Waals surface area contributed by atoms with Crippen LogP contribution in [-0.2, 0) is 0 Å². The van der Waals surface area contributed by atoms with E-state index >= 15 is 0 Å². The molecule has 2 aromatic carbocycles. The molecule has 0 saturated carbocycles. The SMILES string of the molecule is CC.CC(C)c1cc(N)cc2ccc(F)c(OCF)c12. The van der Waals surface area contributed by atoms with E-state index in [1.54, 1.807) is 18.2 Å². The van der Waals surface area contributed by atoms with Gasteiger partial charge in [0, 0.05) is 11.1 Å². The minimum atomic E-state index is -1.06. The second-order valence-corrected chi connectivity index (χ2v) is 4.49. The Morgan fingerprint density at radius 3 is 2.40 bits per heavy atom. The minimum Gasteiger partial charge on any atom is -0.459 e. The van der Waals surface area contributed by atoms with Gasteiger partial charge in [-0.1, -0.05) is 33.8 Å². The van der Waals surface area contributed by atoms with Crippen molar-refractivity contribution in [2.75, 3.05) is 12.6 Å². The average Bonchev–Trinajstić information content (AvgIpc) is 2.43. The molecule has 20 heavy (non-hydrogen) atoms. The maximum absolute atomic E-state index is 13.7. The molecule has 2 aromatic rings. The van der Waals surface area contributed by atoms with Crippen molar-refractivity contribution in [2.45, 2.75) is 33.6 Å². The van der Waals surface area contributed by atoms with Gasteiger partial charge in [0.15, 0.2) is 11.6 Å². The maximum atomic E-state index is 13.7. The van der Waals surface area contributed by atoms with Gasteiger partial charge in [-0.05, 0) is 35.1 Å². The summed E-state index contributed by atoms with van der Waals surface area (Å²) >= 11 is 0. The second kappa shape index (κ2) is 7.08. The molecule has 0 fully saturated rings. The Labute approximate surface area is 118 Å². The van der Waals surface area contributed by atoms with Gasteiger partial charge in [0.05, 0.1) is 0 Å². The van der Waals surface area contributed by atoms with Gasteiger partial charge in [-0.15, -0.1) is 0 Å². The molecule has 0 aromatic heterocycles. The van der Waals surface area contributed by atoms with E-state index in [0.717, 1.165) is 10.9 Å². The molecule has 0 aliphatic heterocycles. The predicted octanol–water partition coefficient (Wildman–Crippen LogP) is 5.02. The Kier molecular flexibility index (Phi) is 5.74. The molecule has 2 nitrogen and oxygen atoms in total. The number of rotatable bonds is 3. The van der Waals surface area contributed by atoms with Crippen LogP contribution in [0.1, 0.15) is 39.2 Å². The number of anilines is 1. The van der Waals surface area contributed by atoms with Crippen molar-refractivity contribution in [3.63, 3.8) is 0 Å². The third-order valence-electron chi connectivity index (χ3n) is 2.90. The first kappa shape index (κ1) is 16.2. The van der Waals surface area contributed by atoms with Gasteiger partial charge < -0.3 is 10.5 Å². The summed E-state index contributed by atoms with van der Waals surface area (Å²) in [7, 11) is 0. The number of fused-ring (bicyclic) bond motifs is 1. The van der Waals surface area contributed by atoms with Crippen molar-refractivity contribution in [3.05, 3.63) is 35.6 Å². The van der Waals surface area contributed by atoms with Crippen LogP contribution in [0.2, 0.25) is 0 Å². The zero-order valence-corrected chi connectivity index (χ0v) is 12.3. The molecule has 0 atom stereocenters. The van der Waals surface area contributed by atoms with Gasteiger partial charge in [-0.2, -0.15) is 0 Å². The first-order valence-electron chi connectivity index (χ1n) is 6.75. The Balaban J connectivity index is 0.000000956. The standard InChI is InChI=1S/C14H15F2NO.C2H6/c1-8(2)11-6-10(17)5-9-3-4-12(16)14(13(9)11)18-7-15;1-2/h3-6,8H,7,17H2,1-2H3;1-2H3.